The zero-order chi connectivity index (χ0) is 14.6. The summed E-state index contributed by atoms with van der Waals surface area (Å²) in [6.07, 6.45) is 0.128. The highest BCUT2D eigenvalue weighted by atomic mass is 16.5. The molecule has 0 spiro atoms. The van der Waals surface area contributed by atoms with Gasteiger partial charge in [0, 0.05) is 0 Å². The maximum absolute atomic E-state index is 11.7. The van der Waals surface area contributed by atoms with Gasteiger partial charge in [-0.2, -0.15) is 0 Å². The van der Waals surface area contributed by atoms with E-state index in [0.717, 1.165) is 12.1 Å². The van der Waals surface area contributed by atoms with E-state index < -0.39 is 35.4 Å². The molecular weight excluding hydrogens is 252 g/mol. The van der Waals surface area contributed by atoms with Crippen LogP contribution in [0.15, 0.2) is 12.1 Å². The Morgan fingerprint density at radius 3 is 2.16 bits per heavy atom. The van der Waals surface area contributed by atoms with Crippen molar-refractivity contribution in [1.29, 1.82) is 0 Å². The Morgan fingerprint density at radius 1 is 1.16 bits per heavy atom. The van der Waals surface area contributed by atoms with E-state index in [1.165, 1.54) is 0 Å². The smallest absolute Gasteiger partial charge is 0.338 e. The van der Waals surface area contributed by atoms with Crippen molar-refractivity contribution in [2.45, 2.75) is 38.9 Å². The fourth-order valence-electron chi connectivity index (χ4n) is 1.51. The summed E-state index contributed by atoms with van der Waals surface area (Å²) in [4.78, 5) is 11.7. The molecule has 0 heterocycles. The van der Waals surface area contributed by atoms with Crippen molar-refractivity contribution in [3.63, 3.8) is 0 Å². The summed E-state index contributed by atoms with van der Waals surface area (Å²) >= 11 is 0. The zero-order valence-electron chi connectivity index (χ0n) is 10.8. The van der Waals surface area contributed by atoms with E-state index in [1.54, 1.807) is 13.8 Å². The molecule has 106 valence electrons. The van der Waals surface area contributed by atoms with Gasteiger partial charge in [0.2, 0.25) is 0 Å². The molecule has 2 atom stereocenters. The molecule has 6 heteroatoms. The molecule has 1 aromatic rings. The summed E-state index contributed by atoms with van der Waals surface area (Å²) in [5.74, 6) is -2.59. The van der Waals surface area contributed by atoms with Crippen LogP contribution in [0, 0.1) is 0 Å². The second-order valence-electron chi connectivity index (χ2n) is 4.51. The molecule has 0 aliphatic heterocycles. The first-order chi connectivity index (χ1) is 8.81. The molecule has 2 unspecified atom stereocenters. The molecular formula is C13H18O6. The summed E-state index contributed by atoms with van der Waals surface area (Å²) in [5.41, 5.74) is -0.0586. The van der Waals surface area contributed by atoms with Crippen LogP contribution in [-0.2, 0) is 4.74 Å². The van der Waals surface area contributed by atoms with Crippen LogP contribution >= 0.6 is 0 Å². The highest BCUT2D eigenvalue weighted by Gasteiger charge is 2.17. The molecule has 0 aromatic heterocycles. The molecule has 19 heavy (non-hydrogen) atoms. The van der Waals surface area contributed by atoms with E-state index in [0.29, 0.717) is 12.8 Å². The van der Waals surface area contributed by atoms with Crippen LogP contribution in [0.25, 0.3) is 0 Å². The largest absolute Gasteiger partial charge is 0.504 e. The average molecular weight is 270 g/mol. The average Bonchev–Trinajstić information content (AvgIpc) is 2.32. The van der Waals surface area contributed by atoms with Crippen LogP contribution in [0.2, 0.25) is 0 Å². The lowest BCUT2D eigenvalue weighted by Crippen LogP contribution is -2.16. The maximum atomic E-state index is 11.7. The van der Waals surface area contributed by atoms with Crippen molar-refractivity contribution in [3.05, 3.63) is 17.7 Å². The summed E-state index contributed by atoms with van der Waals surface area (Å²) in [7, 11) is 0. The second-order valence-corrected chi connectivity index (χ2v) is 4.51. The number of phenolic OH excluding ortho intramolecular Hbond substituents is 3. The zero-order valence-corrected chi connectivity index (χ0v) is 10.8. The van der Waals surface area contributed by atoms with Gasteiger partial charge in [0.15, 0.2) is 17.2 Å². The number of aliphatic hydroxyl groups is 1. The van der Waals surface area contributed by atoms with E-state index in [2.05, 4.69) is 0 Å². The number of carbonyl (C=O) groups is 1. The number of carbonyl (C=O) groups excluding carboxylic acids is 1. The van der Waals surface area contributed by atoms with Gasteiger partial charge in [0.1, 0.15) is 0 Å². The number of rotatable bonds is 5. The SMILES string of the molecule is CC(O)CCC(C)OC(=O)c1cc(O)c(O)c(O)c1. The Labute approximate surface area is 110 Å². The predicted molar refractivity (Wildman–Crippen MR) is 67.2 cm³/mol. The second kappa shape index (κ2) is 6.29. The monoisotopic (exact) mass is 270 g/mol. The Morgan fingerprint density at radius 2 is 1.68 bits per heavy atom. The van der Waals surface area contributed by atoms with Crippen LogP contribution in [0.1, 0.15) is 37.0 Å². The minimum atomic E-state index is -0.719. The van der Waals surface area contributed by atoms with Crippen LogP contribution in [-0.4, -0.2) is 38.6 Å². The van der Waals surface area contributed by atoms with Crippen molar-refractivity contribution in [3.8, 4) is 17.2 Å². The molecule has 0 radical (unpaired) electrons. The van der Waals surface area contributed by atoms with Gasteiger partial charge in [-0.05, 0) is 38.8 Å². The fourth-order valence-corrected chi connectivity index (χ4v) is 1.51. The Hall–Kier alpha value is -1.95. The van der Waals surface area contributed by atoms with E-state index in [-0.39, 0.29) is 5.56 Å². The van der Waals surface area contributed by atoms with Gasteiger partial charge in [-0.25, -0.2) is 4.79 Å². The summed E-state index contributed by atoms with van der Waals surface area (Å²) in [6, 6.07) is 2.03. The van der Waals surface area contributed by atoms with Crippen LogP contribution in [0.3, 0.4) is 0 Å². The first-order valence-corrected chi connectivity index (χ1v) is 5.95. The summed E-state index contributed by atoms with van der Waals surface area (Å²) in [5, 5.41) is 36.9. The van der Waals surface area contributed by atoms with Crippen molar-refractivity contribution in [2.75, 3.05) is 0 Å². The lowest BCUT2D eigenvalue weighted by atomic mass is 10.1. The fraction of sp³-hybridized carbons (Fsp3) is 0.462. The Balaban J connectivity index is 2.68. The number of ether oxygens (including phenoxy) is 1. The van der Waals surface area contributed by atoms with Gasteiger partial charge >= 0.3 is 5.97 Å². The molecule has 0 aliphatic rings. The standard InChI is InChI=1S/C13H18O6/c1-7(14)3-4-8(2)19-13(18)9-5-10(15)12(17)11(16)6-9/h5-8,14-17H,3-4H2,1-2H3. The normalized spacial score (nSPS) is 13.8. The van der Waals surface area contributed by atoms with E-state index in [9.17, 15) is 15.0 Å². The summed E-state index contributed by atoms with van der Waals surface area (Å²) in [6.45, 7) is 3.32. The highest BCUT2D eigenvalue weighted by molar-refractivity contribution is 5.91. The van der Waals surface area contributed by atoms with Crippen LogP contribution in [0.5, 0.6) is 17.2 Å². The van der Waals surface area contributed by atoms with Crippen molar-refractivity contribution < 1.29 is 30.0 Å². The van der Waals surface area contributed by atoms with Gasteiger partial charge in [0.05, 0.1) is 17.8 Å². The predicted octanol–water partition coefficient (Wildman–Crippen LogP) is 1.51. The first kappa shape index (κ1) is 15.1. The number of esters is 1. The molecule has 0 saturated carbocycles. The third kappa shape index (κ3) is 4.33. The minimum Gasteiger partial charge on any atom is -0.504 e. The summed E-state index contributed by atoms with van der Waals surface area (Å²) < 4.78 is 5.08. The number of hydrogen-bond acceptors (Lipinski definition) is 6. The third-order valence-corrected chi connectivity index (χ3v) is 2.60. The lowest BCUT2D eigenvalue weighted by molar-refractivity contribution is 0.0289. The van der Waals surface area contributed by atoms with Crippen molar-refractivity contribution in [2.24, 2.45) is 0 Å². The topological polar surface area (TPSA) is 107 Å². The molecule has 0 fully saturated rings. The van der Waals surface area contributed by atoms with Crippen LogP contribution < -0.4 is 0 Å². The lowest BCUT2D eigenvalue weighted by Gasteiger charge is -2.14. The van der Waals surface area contributed by atoms with E-state index in [4.69, 9.17) is 14.9 Å². The van der Waals surface area contributed by atoms with E-state index >= 15 is 0 Å². The number of aliphatic hydroxyl groups excluding tert-OH is 1. The molecule has 1 aromatic carbocycles. The third-order valence-electron chi connectivity index (χ3n) is 2.60. The van der Waals surface area contributed by atoms with Crippen LogP contribution in [0.4, 0.5) is 0 Å². The van der Waals surface area contributed by atoms with Crippen molar-refractivity contribution in [1.82, 2.24) is 0 Å². The molecule has 0 aliphatic carbocycles. The van der Waals surface area contributed by atoms with Gasteiger partial charge in [-0.15, -0.1) is 0 Å². The molecule has 1 rings (SSSR count). The number of phenols is 3. The molecule has 4 N–H and O–H groups in total. The number of aromatic hydroxyl groups is 3. The Kier molecular flexibility index (Phi) is 5.00. The first-order valence-electron chi connectivity index (χ1n) is 5.95. The van der Waals surface area contributed by atoms with Crippen molar-refractivity contribution >= 4 is 5.97 Å². The highest BCUT2D eigenvalue weighted by Crippen LogP contribution is 2.35. The van der Waals surface area contributed by atoms with Gasteiger partial charge < -0.3 is 25.2 Å². The minimum absolute atomic E-state index is 0.0586. The molecule has 0 bridgehead atoms. The number of benzene rings is 1. The van der Waals surface area contributed by atoms with Gasteiger partial charge in [0.25, 0.3) is 0 Å². The Bertz CT molecular complexity index is 431. The quantitative estimate of drug-likeness (QED) is 0.477. The molecule has 6 nitrogen and oxygen atoms in total. The molecule has 0 saturated heterocycles. The molecule has 0 amide bonds. The number of hydrogen-bond donors (Lipinski definition) is 4. The van der Waals surface area contributed by atoms with Gasteiger partial charge in [-0.3, -0.25) is 0 Å². The van der Waals surface area contributed by atoms with Gasteiger partial charge in [-0.1, -0.05) is 0 Å². The van der Waals surface area contributed by atoms with E-state index in [1.807, 2.05) is 0 Å². The maximum Gasteiger partial charge on any atom is 0.338 e.